The molecule has 1 aliphatic rings. The summed E-state index contributed by atoms with van der Waals surface area (Å²) in [5.41, 5.74) is 2.31. The Balaban J connectivity index is 1.56. The number of benzene rings is 2. The highest BCUT2D eigenvalue weighted by Crippen LogP contribution is 2.25. The van der Waals surface area contributed by atoms with Gasteiger partial charge in [0, 0.05) is 11.4 Å². The number of fused-ring (bicyclic) bond motifs is 1. The van der Waals surface area contributed by atoms with E-state index >= 15 is 0 Å². The van der Waals surface area contributed by atoms with E-state index in [0.29, 0.717) is 17.7 Å². The van der Waals surface area contributed by atoms with Gasteiger partial charge in [0.15, 0.2) is 0 Å². The van der Waals surface area contributed by atoms with Gasteiger partial charge in [0.25, 0.3) is 11.8 Å². The van der Waals surface area contributed by atoms with Crippen LogP contribution in [0.2, 0.25) is 0 Å². The summed E-state index contributed by atoms with van der Waals surface area (Å²) in [6, 6.07) is 15.3. The highest BCUT2D eigenvalue weighted by molar-refractivity contribution is 7.99. The number of aryl methyl sites for hydroxylation is 1. The van der Waals surface area contributed by atoms with E-state index in [9.17, 15) is 9.59 Å². The topological polar surface area (TPSA) is 37.4 Å². The third-order valence-corrected chi connectivity index (χ3v) is 5.02. The number of rotatable bonds is 5. The third kappa shape index (κ3) is 2.79. The Labute approximate surface area is 134 Å². The van der Waals surface area contributed by atoms with E-state index in [4.69, 9.17) is 0 Å². The number of carbonyl (C=O) groups excluding carboxylic acids is 2. The summed E-state index contributed by atoms with van der Waals surface area (Å²) < 4.78 is 0. The zero-order valence-electron chi connectivity index (χ0n) is 12.4. The fourth-order valence-electron chi connectivity index (χ4n) is 2.57. The van der Waals surface area contributed by atoms with E-state index in [1.807, 2.05) is 12.1 Å². The van der Waals surface area contributed by atoms with Crippen molar-refractivity contribution in [2.75, 3.05) is 12.3 Å². The van der Waals surface area contributed by atoms with Crippen molar-refractivity contribution in [3.05, 3.63) is 65.2 Å². The second kappa shape index (κ2) is 6.36. The van der Waals surface area contributed by atoms with Crippen molar-refractivity contribution < 1.29 is 9.59 Å². The molecule has 0 fully saturated rings. The molecule has 0 saturated carbocycles. The van der Waals surface area contributed by atoms with Crippen molar-refractivity contribution in [3.63, 3.8) is 0 Å². The second-order valence-electron chi connectivity index (χ2n) is 5.28. The number of thioether (sulfide) groups is 1. The van der Waals surface area contributed by atoms with Crippen molar-refractivity contribution in [2.24, 2.45) is 0 Å². The Hall–Kier alpha value is -2.07. The minimum atomic E-state index is -0.165. The molecule has 112 valence electrons. The van der Waals surface area contributed by atoms with E-state index in [2.05, 4.69) is 19.1 Å². The van der Waals surface area contributed by atoms with Gasteiger partial charge in [-0.3, -0.25) is 14.5 Å². The normalized spacial score (nSPS) is 13.6. The first kappa shape index (κ1) is 14.9. The zero-order valence-corrected chi connectivity index (χ0v) is 13.2. The Morgan fingerprint density at radius 3 is 2.14 bits per heavy atom. The van der Waals surface area contributed by atoms with E-state index in [0.717, 1.165) is 12.2 Å². The van der Waals surface area contributed by atoms with Crippen LogP contribution in [0.15, 0.2) is 53.4 Å². The molecule has 4 heteroatoms. The Kier molecular flexibility index (Phi) is 4.29. The fraction of sp³-hybridized carbons (Fsp3) is 0.222. The molecule has 2 aromatic carbocycles. The minimum absolute atomic E-state index is 0.165. The number of carbonyl (C=O) groups is 2. The molecule has 2 amide bonds. The van der Waals surface area contributed by atoms with Gasteiger partial charge in [-0.15, -0.1) is 11.8 Å². The maximum absolute atomic E-state index is 12.2. The van der Waals surface area contributed by atoms with Gasteiger partial charge in [-0.05, 0) is 42.9 Å². The summed E-state index contributed by atoms with van der Waals surface area (Å²) >= 11 is 1.77. The largest absolute Gasteiger partial charge is 0.274 e. The summed E-state index contributed by atoms with van der Waals surface area (Å²) in [7, 11) is 0. The Morgan fingerprint density at radius 2 is 1.50 bits per heavy atom. The molecule has 2 aromatic rings. The van der Waals surface area contributed by atoms with Gasteiger partial charge in [-0.25, -0.2) is 0 Å². The molecule has 0 saturated heterocycles. The number of hydrogen-bond acceptors (Lipinski definition) is 3. The second-order valence-corrected chi connectivity index (χ2v) is 6.41. The van der Waals surface area contributed by atoms with Gasteiger partial charge in [-0.1, -0.05) is 30.3 Å². The number of imide groups is 1. The summed E-state index contributed by atoms with van der Waals surface area (Å²) in [6.45, 7) is 2.57. The highest BCUT2D eigenvalue weighted by Gasteiger charge is 2.34. The molecular formula is C18H17NO2S. The maximum atomic E-state index is 12.2. The van der Waals surface area contributed by atoms with E-state index in [1.165, 1.54) is 15.4 Å². The zero-order chi connectivity index (χ0) is 15.5. The van der Waals surface area contributed by atoms with Crippen LogP contribution in [0.3, 0.4) is 0 Å². The minimum Gasteiger partial charge on any atom is -0.274 e. The quantitative estimate of drug-likeness (QED) is 0.479. The standard InChI is InChI=1S/C18H17NO2S/c1-13-7-2-5-10-16(13)22-12-6-11-19-17(20)14-8-3-4-9-15(14)18(19)21/h2-5,7-10H,6,11-12H2,1H3. The lowest BCUT2D eigenvalue weighted by Gasteiger charge is -2.13. The highest BCUT2D eigenvalue weighted by atomic mass is 32.2. The molecule has 22 heavy (non-hydrogen) atoms. The lowest BCUT2D eigenvalue weighted by molar-refractivity contribution is 0.0655. The monoisotopic (exact) mass is 311 g/mol. The molecular weight excluding hydrogens is 294 g/mol. The van der Waals surface area contributed by atoms with Crippen molar-refractivity contribution >= 4 is 23.6 Å². The molecule has 3 nitrogen and oxygen atoms in total. The first-order chi connectivity index (χ1) is 10.7. The van der Waals surface area contributed by atoms with E-state index in [-0.39, 0.29) is 11.8 Å². The lowest BCUT2D eigenvalue weighted by atomic mass is 10.1. The predicted molar refractivity (Wildman–Crippen MR) is 88.3 cm³/mol. The van der Waals surface area contributed by atoms with Crippen LogP contribution in [-0.4, -0.2) is 29.0 Å². The SMILES string of the molecule is Cc1ccccc1SCCCN1C(=O)c2ccccc2C1=O. The molecule has 0 unspecified atom stereocenters. The van der Waals surface area contributed by atoms with Crippen LogP contribution in [0.4, 0.5) is 0 Å². The number of hydrogen-bond donors (Lipinski definition) is 0. The Morgan fingerprint density at radius 1 is 0.909 bits per heavy atom. The van der Waals surface area contributed by atoms with Crippen molar-refractivity contribution in [3.8, 4) is 0 Å². The van der Waals surface area contributed by atoms with Crippen LogP contribution in [0.1, 0.15) is 32.7 Å². The van der Waals surface area contributed by atoms with Crippen LogP contribution in [0.5, 0.6) is 0 Å². The van der Waals surface area contributed by atoms with Gasteiger partial charge >= 0.3 is 0 Å². The van der Waals surface area contributed by atoms with Gasteiger partial charge in [0.2, 0.25) is 0 Å². The maximum Gasteiger partial charge on any atom is 0.261 e. The molecule has 0 atom stereocenters. The molecule has 0 N–H and O–H groups in total. The first-order valence-electron chi connectivity index (χ1n) is 7.32. The fourth-order valence-corrected chi connectivity index (χ4v) is 3.53. The summed E-state index contributed by atoms with van der Waals surface area (Å²) in [5, 5.41) is 0. The van der Waals surface area contributed by atoms with E-state index < -0.39 is 0 Å². The molecule has 0 aliphatic carbocycles. The molecule has 0 bridgehead atoms. The van der Waals surface area contributed by atoms with Gasteiger partial charge < -0.3 is 0 Å². The average Bonchev–Trinajstić information content (AvgIpc) is 2.78. The lowest BCUT2D eigenvalue weighted by Crippen LogP contribution is -2.30. The molecule has 0 radical (unpaired) electrons. The van der Waals surface area contributed by atoms with Crippen LogP contribution in [0, 0.1) is 6.92 Å². The van der Waals surface area contributed by atoms with Crippen LogP contribution in [0.25, 0.3) is 0 Å². The molecule has 0 spiro atoms. The summed E-state index contributed by atoms with van der Waals surface area (Å²) in [4.78, 5) is 27.1. The van der Waals surface area contributed by atoms with Crippen molar-refractivity contribution in [1.29, 1.82) is 0 Å². The Bertz CT molecular complexity index is 692. The van der Waals surface area contributed by atoms with Gasteiger partial charge in [0.1, 0.15) is 0 Å². The third-order valence-electron chi connectivity index (χ3n) is 3.76. The molecule has 1 heterocycles. The summed E-state index contributed by atoms with van der Waals surface area (Å²) in [6.07, 6.45) is 0.796. The van der Waals surface area contributed by atoms with Crippen molar-refractivity contribution in [2.45, 2.75) is 18.2 Å². The van der Waals surface area contributed by atoms with E-state index in [1.54, 1.807) is 36.0 Å². The van der Waals surface area contributed by atoms with Crippen molar-refractivity contribution in [1.82, 2.24) is 4.90 Å². The average molecular weight is 311 g/mol. The van der Waals surface area contributed by atoms with Crippen LogP contribution >= 0.6 is 11.8 Å². The van der Waals surface area contributed by atoms with Crippen LogP contribution in [-0.2, 0) is 0 Å². The van der Waals surface area contributed by atoms with Gasteiger partial charge in [0.05, 0.1) is 11.1 Å². The summed E-state index contributed by atoms with van der Waals surface area (Å²) in [5.74, 6) is 0.557. The van der Waals surface area contributed by atoms with Crippen LogP contribution < -0.4 is 0 Å². The number of nitrogens with zero attached hydrogens (tertiary/aromatic N) is 1. The number of amides is 2. The van der Waals surface area contributed by atoms with Gasteiger partial charge in [-0.2, -0.15) is 0 Å². The molecule has 1 aliphatic heterocycles. The molecule has 3 rings (SSSR count). The smallest absolute Gasteiger partial charge is 0.261 e. The molecule has 0 aromatic heterocycles. The predicted octanol–water partition coefficient (Wildman–Crippen LogP) is 3.77. The first-order valence-corrected chi connectivity index (χ1v) is 8.30.